The molecule has 17 heavy (non-hydrogen) atoms. The predicted molar refractivity (Wildman–Crippen MR) is 61.8 cm³/mol. The van der Waals surface area contributed by atoms with Crippen LogP contribution in [0.3, 0.4) is 0 Å². The van der Waals surface area contributed by atoms with Gasteiger partial charge >= 0.3 is 16.1 Å². The van der Waals surface area contributed by atoms with Crippen LogP contribution in [-0.4, -0.2) is 14.4 Å². The van der Waals surface area contributed by atoms with Gasteiger partial charge in [0.25, 0.3) is 0 Å². The Kier molecular flexibility index (Phi) is 3.19. The zero-order chi connectivity index (χ0) is 12.5. The van der Waals surface area contributed by atoms with Crippen molar-refractivity contribution in [2.75, 3.05) is 0 Å². The van der Waals surface area contributed by atoms with Gasteiger partial charge in [0.05, 0.1) is 5.92 Å². The quantitative estimate of drug-likeness (QED) is 0.774. The number of carbonyl (C=O) groups excluding carboxylic acids is 1. The Morgan fingerprint density at radius 2 is 2.06 bits per heavy atom. The van der Waals surface area contributed by atoms with Crippen LogP contribution in [0.2, 0.25) is 0 Å². The maximum atomic E-state index is 11.8. The Morgan fingerprint density at radius 3 is 2.59 bits per heavy atom. The largest absolute Gasteiger partial charge is 0.342 e. The van der Waals surface area contributed by atoms with Gasteiger partial charge in [-0.1, -0.05) is 18.6 Å². The Balaban J connectivity index is 2.16. The minimum absolute atomic E-state index is 0.0326. The lowest BCUT2D eigenvalue weighted by atomic mass is 9.86. The van der Waals surface area contributed by atoms with E-state index in [-0.39, 0.29) is 10.8 Å². The number of benzene rings is 1. The van der Waals surface area contributed by atoms with E-state index in [0.717, 1.165) is 24.8 Å². The standard InChI is InChI=1S/C12H14O4S/c1-9-4-2-7-11(8-9)17(14,15)16-12(13)10-5-3-6-10/h2,4,7-8,10H,3,5-6H2,1H3. The van der Waals surface area contributed by atoms with Gasteiger partial charge in [0.2, 0.25) is 0 Å². The molecule has 92 valence electrons. The third-order valence-corrected chi connectivity index (χ3v) is 4.12. The zero-order valence-electron chi connectivity index (χ0n) is 9.55. The average Bonchev–Trinajstić information content (AvgIpc) is 2.13. The Morgan fingerprint density at radius 1 is 1.35 bits per heavy atom. The molecule has 4 nitrogen and oxygen atoms in total. The van der Waals surface area contributed by atoms with E-state index in [1.807, 2.05) is 0 Å². The summed E-state index contributed by atoms with van der Waals surface area (Å²) < 4.78 is 28.2. The molecule has 0 unspecified atom stereocenters. The van der Waals surface area contributed by atoms with Gasteiger partial charge in [0.1, 0.15) is 4.90 Å². The molecule has 0 heterocycles. The molecule has 0 atom stereocenters. The van der Waals surface area contributed by atoms with Gasteiger partial charge < -0.3 is 4.18 Å². The highest BCUT2D eigenvalue weighted by atomic mass is 32.2. The molecule has 0 radical (unpaired) electrons. The van der Waals surface area contributed by atoms with Gasteiger partial charge in [-0.25, -0.2) is 0 Å². The number of carbonyl (C=O) groups is 1. The van der Waals surface area contributed by atoms with Crippen molar-refractivity contribution in [2.45, 2.75) is 31.1 Å². The van der Waals surface area contributed by atoms with Crippen molar-refractivity contribution >= 4 is 16.1 Å². The fourth-order valence-electron chi connectivity index (χ4n) is 1.64. The summed E-state index contributed by atoms with van der Waals surface area (Å²) in [4.78, 5) is 11.5. The topological polar surface area (TPSA) is 60.4 Å². The Hall–Kier alpha value is -1.36. The van der Waals surface area contributed by atoms with E-state index in [1.54, 1.807) is 19.1 Å². The average molecular weight is 254 g/mol. The van der Waals surface area contributed by atoms with Crippen molar-refractivity contribution in [1.29, 1.82) is 0 Å². The van der Waals surface area contributed by atoms with Crippen LogP contribution in [0.1, 0.15) is 24.8 Å². The first-order valence-corrected chi connectivity index (χ1v) is 6.95. The molecule has 1 fully saturated rings. The molecule has 1 aliphatic carbocycles. The number of hydrogen-bond donors (Lipinski definition) is 0. The van der Waals surface area contributed by atoms with Crippen LogP contribution in [0.5, 0.6) is 0 Å². The highest BCUT2D eigenvalue weighted by Gasteiger charge is 2.31. The van der Waals surface area contributed by atoms with E-state index in [2.05, 4.69) is 4.18 Å². The first-order valence-electron chi connectivity index (χ1n) is 5.54. The predicted octanol–water partition coefficient (Wildman–Crippen LogP) is 2.03. The third kappa shape index (κ3) is 2.66. The molecule has 1 saturated carbocycles. The molecule has 5 heteroatoms. The van der Waals surface area contributed by atoms with E-state index in [0.29, 0.717) is 0 Å². The molecule has 1 aliphatic rings. The van der Waals surface area contributed by atoms with Crippen molar-refractivity contribution in [1.82, 2.24) is 0 Å². The minimum atomic E-state index is -3.95. The SMILES string of the molecule is Cc1cccc(S(=O)(=O)OC(=O)C2CCC2)c1. The van der Waals surface area contributed by atoms with E-state index < -0.39 is 16.1 Å². The van der Waals surface area contributed by atoms with E-state index >= 15 is 0 Å². The van der Waals surface area contributed by atoms with Crippen LogP contribution >= 0.6 is 0 Å². The van der Waals surface area contributed by atoms with Gasteiger partial charge in [-0.2, -0.15) is 8.42 Å². The fraction of sp³-hybridized carbons (Fsp3) is 0.417. The van der Waals surface area contributed by atoms with Crippen LogP contribution < -0.4 is 0 Å². The highest BCUT2D eigenvalue weighted by molar-refractivity contribution is 7.87. The molecular weight excluding hydrogens is 240 g/mol. The molecule has 1 aromatic carbocycles. The van der Waals surface area contributed by atoms with Gasteiger partial charge in [-0.3, -0.25) is 4.79 Å². The molecule has 0 N–H and O–H groups in total. The third-order valence-electron chi connectivity index (χ3n) is 2.91. The van der Waals surface area contributed by atoms with Crippen LogP contribution in [0.4, 0.5) is 0 Å². The van der Waals surface area contributed by atoms with Crippen molar-refractivity contribution in [2.24, 2.45) is 5.92 Å². The molecule has 2 rings (SSSR count). The summed E-state index contributed by atoms with van der Waals surface area (Å²) in [7, 11) is -3.95. The molecular formula is C12H14O4S. The molecule has 0 amide bonds. The second-order valence-electron chi connectivity index (χ2n) is 4.30. The number of hydrogen-bond acceptors (Lipinski definition) is 4. The first kappa shape index (κ1) is 12.1. The second kappa shape index (κ2) is 4.49. The van der Waals surface area contributed by atoms with Gasteiger partial charge in [0, 0.05) is 0 Å². The second-order valence-corrected chi connectivity index (χ2v) is 5.85. The Bertz CT molecular complexity index is 529. The van der Waals surface area contributed by atoms with E-state index in [9.17, 15) is 13.2 Å². The maximum absolute atomic E-state index is 11.8. The van der Waals surface area contributed by atoms with Gasteiger partial charge in [0.15, 0.2) is 0 Å². The van der Waals surface area contributed by atoms with Crippen LogP contribution in [0, 0.1) is 12.8 Å². The monoisotopic (exact) mass is 254 g/mol. The molecule has 0 spiro atoms. The summed E-state index contributed by atoms with van der Waals surface area (Å²) in [6.45, 7) is 1.78. The van der Waals surface area contributed by atoms with Crippen molar-refractivity contribution in [3.8, 4) is 0 Å². The minimum Gasteiger partial charge on any atom is -0.342 e. The van der Waals surface area contributed by atoms with E-state index in [1.165, 1.54) is 12.1 Å². The number of aryl methyl sites for hydroxylation is 1. The lowest BCUT2D eigenvalue weighted by Gasteiger charge is -2.22. The zero-order valence-corrected chi connectivity index (χ0v) is 10.4. The van der Waals surface area contributed by atoms with Crippen molar-refractivity contribution in [3.63, 3.8) is 0 Å². The fourth-order valence-corrected chi connectivity index (χ4v) is 2.66. The molecule has 1 aromatic rings. The smallest absolute Gasteiger partial charge is 0.341 e. The summed E-state index contributed by atoms with van der Waals surface area (Å²) in [5.41, 5.74) is 0.811. The summed E-state index contributed by atoms with van der Waals surface area (Å²) in [6.07, 6.45) is 2.41. The lowest BCUT2D eigenvalue weighted by molar-refractivity contribution is -0.141. The van der Waals surface area contributed by atoms with Crippen molar-refractivity contribution < 1.29 is 17.4 Å². The molecule has 0 aromatic heterocycles. The van der Waals surface area contributed by atoms with E-state index in [4.69, 9.17) is 0 Å². The molecule has 0 bridgehead atoms. The lowest BCUT2D eigenvalue weighted by Crippen LogP contribution is -2.26. The highest BCUT2D eigenvalue weighted by Crippen LogP contribution is 2.28. The van der Waals surface area contributed by atoms with Crippen LogP contribution in [0.25, 0.3) is 0 Å². The van der Waals surface area contributed by atoms with Crippen molar-refractivity contribution in [3.05, 3.63) is 29.8 Å². The van der Waals surface area contributed by atoms with Gasteiger partial charge in [-0.05, 0) is 37.5 Å². The maximum Gasteiger partial charge on any atom is 0.341 e. The Labute approximate surface area is 101 Å². The van der Waals surface area contributed by atoms with Gasteiger partial charge in [-0.15, -0.1) is 0 Å². The molecule has 0 saturated heterocycles. The summed E-state index contributed by atoms with van der Waals surface area (Å²) in [5, 5.41) is 0. The summed E-state index contributed by atoms with van der Waals surface area (Å²) in [6, 6.07) is 6.33. The summed E-state index contributed by atoms with van der Waals surface area (Å²) in [5.74, 6) is -0.868. The van der Waals surface area contributed by atoms with Crippen LogP contribution in [0.15, 0.2) is 29.2 Å². The summed E-state index contributed by atoms with van der Waals surface area (Å²) >= 11 is 0. The number of rotatable bonds is 3. The van der Waals surface area contributed by atoms with Crippen LogP contribution in [-0.2, 0) is 19.1 Å². The first-order chi connectivity index (χ1) is 7.99. The normalized spacial score (nSPS) is 16.3. The molecule has 0 aliphatic heterocycles.